The van der Waals surface area contributed by atoms with Crippen LogP contribution in [0.25, 0.3) is 0 Å². The first-order chi connectivity index (χ1) is 10.2. The van der Waals surface area contributed by atoms with E-state index in [0.29, 0.717) is 6.54 Å². The van der Waals surface area contributed by atoms with E-state index in [4.69, 9.17) is 16.1 Å². The molecule has 0 bridgehead atoms. The third-order valence-corrected chi connectivity index (χ3v) is 3.12. The monoisotopic (exact) mass is 306 g/mol. The summed E-state index contributed by atoms with van der Waals surface area (Å²) < 4.78 is 4.81. The maximum absolute atomic E-state index is 6.01. The lowest BCUT2D eigenvalue weighted by Crippen LogP contribution is -2.38. The first-order valence-corrected chi connectivity index (χ1v) is 7.20. The van der Waals surface area contributed by atoms with Crippen LogP contribution >= 0.6 is 11.6 Å². The van der Waals surface area contributed by atoms with Gasteiger partial charge in [-0.1, -0.05) is 28.9 Å². The molecule has 2 rings (SSSR count). The molecule has 0 aliphatic heterocycles. The molecule has 0 unspecified atom stereocenters. The smallest absolute Gasteiger partial charge is 0.194 e. The molecule has 0 saturated carbocycles. The first-order valence-electron chi connectivity index (χ1n) is 6.82. The highest BCUT2D eigenvalue weighted by atomic mass is 35.5. The van der Waals surface area contributed by atoms with Gasteiger partial charge >= 0.3 is 0 Å². The molecule has 0 spiro atoms. The van der Waals surface area contributed by atoms with Crippen molar-refractivity contribution in [2.24, 2.45) is 4.99 Å². The third-order valence-electron chi connectivity index (χ3n) is 2.89. The van der Waals surface area contributed by atoms with Gasteiger partial charge in [0.2, 0.25) is 0 Å². The van der Waals surface area contributed by atoms with E-state index in [0.717, 1.165) is 35.3 Å². The molecular formula is C15H19ClN4O. The van der Waals surface area contributed by atoms with Crippen molar-refractivity contribution in [1.29, 1.82) is 0 Å². The summed E-state index contributed by atoms with van der Waals surface area (Å²) in [4.78, 5) is 6.60. The van der Waals surface area contributed by atoms with Crippen molar-refractivity contribution in [3.8, 4) is 0 Å². The van der Waals surface area contributed by atoms with Crippen LogP contribution in [0.1, 0.15) is 18.2 Å². The van der Waals surface area contributed by atoms with E-state index in [-0.39, 0.29) is 0 Å². The van der Waals surface area contributed by atoms with Crippen molar-refractivity contribution in [3.05, 3.63) is 52.9 Å². The zero-order valence-corrected chi connectivity index (χ0v) is 13.0. The number of aromatic nitrogens is 1. The standard InChI is InChI=1S/C15H19ClN4O/c1-3-17-15(18-10-14-7-8-21-19-14)20(2)11-12-5-4-6-13(16)9-12/h4-9H,3,10-11H2,1-2H3,(H,17,18). The van der Waals surface area contributed by atoms with Gasteiger partial charge in [0, 0.05) is 31.2 Å². The second kappa shape index (κ2) is 7.69. The van der Waals surface area contributed by atoms with Crippen LogP contribution in [0.2, 0.25) is 5.02 Å². The van der Waals surface area contributed by atoms with Crippen molar-refractivity contribution < 1.29 is 4.52 Å². The normalized spacial score (nSPS) is 11.5. The highest BCUT2D eigenvalue weighted by molar-refractivity contribution is 6.30. The van der Waals surface area contributed by atoms with Crippen molar-refractivity contribution >= 4 is 17.6 Å². The molecule has 0 aliphatic rings. The fraction of sp³-hybridized carbons (Fsp3) is 0.333. The largest absolute Gasteiger partial charge is 0.364 e. The molecule has 0 amide bonds. The van der Waals surface area contributed by atoms with Gasteiger partial charge in [-0.3, -0.25) is 0 Å². The fourth-order valence-corrected chi connectivity index (χ4v) is 2.14. The van der Waals surface area contributed by atoms with E-state index in [1.54, 1.807) is 6.26 Å². The zero-order chi connectivity index (χ0) is 15.1. The Morgan fingerprint density at radius 2 is 2.29 bits per heavy atom. The molecule has 0 saturated heterocycles. The van der Waals surface area contributed by atoms with Gasteiger partial charge in [0.15, 0.2) is 5.96 Å². The number of benzene rings is 1. The van der Waals surface area contributed by atoms with Crippen LogP contribution in [0.15, 0.2) is 46.1 Å². The third kappa shape index (κ3) is 4.79. The van der Waals surface area contributed by atoms with Crippen LogP contribution in [-0.4, -0.2) is 29.6 Å². The fourth-order valence-electron chi connectivity index (χ4n) is 1.93. The van der Waals surface area contributed by atoms with E-state index in [1.807, 2.05) is 44.3 Å². The number of halogens is 1. The Hall–Kier alpha value is -2.01. The summed E-state index contributed by atoms with van der Waals surface area (Å²) in [5.74, 6) is 0.820. The summed E-state index contributed by atoms with van der Waals surface area (Å²) in [6, 6.07) is 9.63. The number of rotatable bonds is 5. The van der Waals surface area contributed by atoms with Crippen molar-refractivity contribution in [3.63, 3.8) is 0 Å². The van der Waals surface area contributed by atoms with E-state index in [9.17, 15) is 0 Å². The predicted octanol–water partition coefficient (Wildman–Crippen LogP) is 2.93. The van der Waals surface area contributed by atoms with E-state index >= 15 is 0 Å². The number of nitrogens with zero attached hydrogens (tertiary/aromatic N) is 3. The Morgan fingerprint density at radius 3 is 2.95 bits per heavy atom. The Labute approximate surface area is 129 Å². The van der Waals surface area contributed by atoms with Gasteiger partial charge in [0.25, 0.3) is 0 Å². The van der Waals surface area contributed by atoms with Crippen LogP contribution in [0.3, 0.4) is 0 Å². The maximum Gasteiger partial charge on any atom is 0.194 e. The minimum Gasteiger partial charge on any atom is -0.364 e. The first kappa shape index (κ1) is 15.4. The number of hydrogen-bond donors (Lipinski definition) is 1. The van der Waals surface area contributed by atoms with Gasteiger partial charge in [0.1, 0.15) is 12.0 Å². The average molecular weight is 307 g/mol. The topological polar surface area (TPSA) is 53.7 Å². The lowest BCUT2D eigenvalue weighted by Gasteiger charge is -2.22. The molecule has 1 aromatic carbocycles. The molecule has 1 N–H and O–H groups in total. The molecule has 2 aromatic rings. The average Bonchev–Trinajstić information content (AvgIpc) is 2.96. The molecule has 1 heterocycles. The molecule has 0 fully saturated rings. The van der Waals surface area contributed by atoms with Crippen LogP contribution < -0.4 is 5.32 Å². The summed E-state index contributed by atoms with van der Waals surface area (Å²) in [6.07, 6.45) is 1.55. The van der Waals surface area contributed by atoms with Gasteiger partial charge in [0.05, 0.1) is 6.54 Å². The minimum absolute atomic E-state index is 0.485. The Bertz CT molecular complexity index is 583. The number of aliphatic imine (C=N–C) groups is 1. The molecule has 1 aromatic heterocycles. The van der Waals surface area contributed by atoms with E-state index < -0.39 is 0 Å². The lowest BCUT2D eigenvalue weighted by atomic mass is 10.2. The molecule has 0 aliphatic carbocycles. The summed E-state index contributed by atoms with van der Waals surface area (Å²) in [6.45, 7) is 4.06. The van der Waals surface area contributed by atoms with Crippen molar-refractivity contribution in [2.45, 2.75) is 20.0 Å². The quantitative estimate of drug-likeness (QED) is 0.681. The van der Waals surface area contributed by atoms with Crippen molar-refractivity contribution in [2.75, 3.05) is 13.6 Å². The SMILES string of the molecule is CCNC(=NCc1ccon1)N(C)Cc1cccc(Cl)c1. The molecular weight excluding hydrogens is 288 g/mol. The van der Waals surface area contributed by atoms with Gasteiger partial charge in [-0.05, 0) is 24.6 Å². The molecule has 112 valence electrons. The molecule has 21 heavy (non-hydrogen) atoms. The van der Waals surface area contributed by atoms with E-state index in [1.165, 1.54) is 0 Å². The second-order valence-corrected chi connectivity index (χ2v) is 5.08. The summed E-state index contributed by atoms with van der Waals surface area (Å²) >= 11 is 6.01. The van der Waals surface area contributed by atoms with Gasteiger partial charge in [-0.2, -0.15) is 0 Å². The van der Waals surface area contributed by atoms with Crippen LogP contribution in [0.5, 0.6) is 0 Å². The van der Waals surface area contributed by atoms with Crippen LogP contribution in [0.4, 0.5) is 0 Å². The molecule has 5 nitrogen and oxygen atoms in total. The summed E-state index contributed by atoms with van der Waals surface area (Å²) in [7, 11) is 1.99. The summed E-state index contributed by atoms with van der Waals surface area (Å²) in [5, 5.41) is 7.86. The van der Waals surface area contributed by atoms with Gasteiger partial charge in [-0.15, -0.1) is 0 Å². The Kier molecular flexibility index (Phi) is 5.63. The van der Waals surface area contributed by atoms with Crippen LogP contribution in [0, 0.1) is 0 Å². The predicted molar refractivity (Wildman–Crippen MR) is 84.2 cm³/mol. The molecule has 0 radical (unpaired) electrons. The van der Waals surface area contributed by atoms with Gasteiger partial charge in [-0.25, -0.2) is 4.99 Å². The summed E-state index contributed by atoms with van der Waals surface area (Å²) in [5.41, 5.74) is 1.94. The second-order valence-electron chi connectivity index (χ2n) is 4.65. The highest BCUT2D eigenvalue weighted by Gasteiger charge is 2.07. The zero-order valence-electron chi connectivity index (χ0n) is 12.2. The minimum atomic E-state index is 0.485. The van der Waals surface area contributed by atoms with Crippen LogP contribution in [-0.2, 0) is 13.1 Å². The van der Waals surface area contributed by atoms with E-state index in [2.05, 4.69) is 20.4 Å². The molecule has 6 heteroatoms. The lowest BCUT2D eigenvalue weighted by molar-refractivity contribution is 0.411. The number of guanidine groups is 1. The van der Waals surface area contributed by atoms with Crippen molar-refractivity contribution in [1.82, 2.24) is 15.4 Å². The van der Waals surface area contributed by atoms with Gasteiger partial charge < -0.3 is 14.7 Å². The number of hydrogen-bond acceptors (Lipinski definition) is 3. The highest BCUT2D eigenvalue weighted by Crippen LogP contribution is 2.12. The Balaban J connectivity index is 2.04. The maximum atomic E-state index is 6.01. The Morgan fingerprint density at radius 1 is 1.43 bits per heavy atom. The number of nitrogens with one attached hydrogen (secondary N) is 1. The molecule has 0 atom stereocenters.